The average Bonchev–Trinajstić information content (AvgIpc) is 2.38. The molecule has 0 bridgehead atoms. The molecule has 0 aromatic heterocycles. The second-order valence-corrected chi connectivity index (χ2v) is 5.20. The highest BCUT2D eigenvalue weighted by Gasteiger charge is 2.46. The van der Waals surface area contributed by atoms with Crippen LogP contribution in [0.2, 0.25) is 0 Å². The summed E-state index contributed by atoms with van der Waals surface area (Å²) >= 11 is 0. The highest BCUT2D eigenvalue weighted by Crippen LogP contribution is 2.44. The van der Waals surface area contributed by atoms with Crippen molar-refractivity contribution in [1.29, 1.82) is 0 Å². The molecule has 1 atom stereocenters. The van der Waals surface area contributed by atoms with Crippen LogP contribution in [0.5, 0.6) is 5.75 Å². The van der Waals surface area contributed by atoms with Gasteiger partial charge >= 0.3 is 5.97 Å². The van der Waals surface area contributed by atoms with Crippen molar-refractivity contribution < 1.29 is 19.4 Å². The van der Waals surface area contributed by atoms with E-state index in [1.165, 1.54) is 6.92 Å². The van der Waals surface area contributed by atoms with Crippen LogP contribution in [0.15, 0.2) is 24.3 Å². The molecular weight excluding hydrogens is 258 g/mol. The Balaban J connectivity index is 2.20. The molecule has 1 aromatic rings. The lowest BCUT2D eigenvalue weighted by Crippen LogP contribution is -2.53. The molecule has 1 saturated carbocycles. The molecule has 0 spiro atoms. The fourth-order valence-electron chi connectivity index (χ4n) is 2.48. The van der Waals surface area contributed by atoms with Crippen molar-refractivity contribution >= 4 is 11.9 Å². The summed E-state index contributed by atoms with van der Waals surface area (Å²) in [7, 11) is 1.59. The summed E-state index contributed by atoms with van der Waals surface area (Å²) in [5, 5.41) is 11.5. The van der Waals surface area contributed by atoms with Gasteiger partial charge in [0.05, 0.1) is 12.5 Å². The Morgan fingerprint density at radius 1 is 1.30 bits per heavy atom. The third kappa shape index (κ3) is 2.48. The zero-order valence-electron chi connectivity index (χ0n) is 11.7. The van der Waals surface area contributed by atoms with Crippen LogP contribution in [-0.2, 0) is 15.0 Å². The number of nitrogens with one attached hydrogen (secondary N) is 1. The number of hydrogen-bond acceptors (Lipinski definition) is 3. The zero-order valence-corrected chi connectivity index (χ0v) is 11.7. The van der Waals surface area contributed by atoms with Crippen molar-refractivity contribution in [3.63, 3.8) is 0 Å². The maximum absolute atomic E-state index is 12.4. The Morgan fingerprint density at radius 3 is 2.30 bits per heavy atom. The number of carboxylic acid groups (broad SMARTS) is 1. The maximum Gasteiger partial charge on any atom is 0.325 e. The normalized spacial score (nSPS) is 17.7. The summed E-state index contributed by atoms with van der Waals surface area (Å²) in [5.41, 5.74) is 0.329. The molecule has 108 valence electrons. The van der Waals surface area contributed by atoms with Gasteiger partial charge in [0.1, 0.15) is 11.8 Å². The molecule has 0 saturated heterocycles. The predicted octanol–water partition coefficient (Wildman–Crippen LogP) is 1.71. The van der Waals surface area contributed by atoms with Crippen molar-refractivity contribution in [1.82, 2.24) is 5.32 Å². The Bertz CT molecular complexity index is 505. The molecule has 1 aromatic carbocycles. The number of carboxylic acids is 1. The topological polar surface area (TPSA) is 75.6 Å². The van der Waals surface area contributed by atoms with E-state index >= 15 is 0 Å². The first-order valence-electron chi connectivity index (χ1n) is 6.68. The lowest BCUT2D eigenvalue weighted by Gasteiger charge is -2.41. The Hall–Kier alpha value is -2.04. The smallest absolute Gasteiger partial charge is 0.325 e. The summed E-state index contributed by atoms with van der Waals surface area (Å²) in [6, 6.07) is 6.52. The number of hydrogen-bond donors (Lipinski definition) is 2. The molecule has 2 rings (SSSR count). The maximum atomic E-state index is 12.4. The molecule has 1 amide bonds. The minimum atomic E-state index is -1.03. The molecule has 0 radical (unpaired) electrons. The number of benzene rings is 1. The van der Waals surface area contributed by atoms with Gasteiger partial charge in [0.25, 0.3) is 0 Å². The van der Waals surface area contributed by atoms with Gasteiger partial charge in [0, 0.05) is 0 Å². The van der Waals surface area contributed by atoms with Crippen molar-refractivity contribution in [2.75, 3.05) is 7.11 Å². The van der Waals surface area contributed by atoms with Crippen molar-refractivity contribution in [3.8, 4) is 5.75 Å². The van der Waals surface area contributed by atoms with Crippen LogP contribution < -0.4 is 10.1 Å². The molecular formula is C15H19NO4. The van der Waals surface area contributed by atoms with Crippen LogP contribution in [0.3, 0.4) is 0 Å². The van der Waals surface area contributed by atoms with Crippen LogP contribution >= 0.6 is 0 Å². The van der Waals surface area contributed by atoms with Gasteiger partial charge in [-0.1, -0.05) is 18.6 Å². The van der Waals surface area contributed by atoms with Gasteiger partial charge in [0.2, 0.25) is 5.91 Å². The zero-order chi connectivity index (χ0) is 14.8. The van der Waals surface area contributed by atoms with Gasteiger partial charge in [-0.15, -0.1) is 0 Å². The van der Waals surface area contributed by atoms with Gasteiger partial charge in [-0.25, -0.2) is 0 Å². The minimum Gasteiger partial charge on any atom is -0.497 e. The van der Waals surface area contributed by atoms with E-state index in [0.29, 0.717) is 0 Å². The third-order valence-electron chi connectivity index (χ3n) is 4.00. The number of amides is 1. The highest BCUT2D eigenvalue weighted by atomic mass is 16.5. The fraction of sp³-hybridized carbons (Fsp3) is 0.467. The Labute approximate surface area is 117 Å². The van der Waals surface area contributed by atoms with Crippen LogP contribution in [0.4, 0.5) is 0 Å². The molecule has 1 aliphatic rings. The summed E-state index contributed by atoms with van der Waals surface area (Å²) in [6.07, 6.45) is 2.47. The number of carbonyl (C=O) groups is 2. The number of carbonyl (C=O) groups excluding carboxylic acids is 1. The molecule has 5 nitrogen and oxygen atoms in total. The van der Waals surface area contributed by atoms with Crippen molar-refractivity contribution in [2.45, 2.75) is 37.6 Å². The number of rotatable bonds is 5. The molecule has 1 fully saturated rings. The summed E-state index contributed by atoms with van der Waals surface area (Å²) in [4.78, 5) is 23.3. The first-order valence-corrected chi connectivity index (χ1v) is 6.68. The quantitative estimate of drug-likeness (QED) is 0.859. The first kappa shape index (κ1) is 14.4. The summed E-state index contributed by atoms with van der Waals surface area (Å²) in [6.45, 7) is 1.47. The van der Waals surface area contributed by atoms with E-state index < -0.39 is 17.4 Å². The van der Waals surface area contributed by atoms with E-state index in [9.17, 15) is 9.59 Å². The van der Waals surface area contributed by atoms with Crippen LogP contribution in [0, 0.1) is 0 Å². The molecule has 5 heteroatoms. The van der Waals surface area contributed by atoms with Crippen LogP contribution in [-0.4, -0.2) is 30.1 Å². The molecule has 0 unspecified atom stereocenters. The minimum absolute atomic E-state index is 0.205. The van der Waals surface area contributed by atoms with Crippen molar-refractivity contribution in [2.24, 2.45) is 0 Å². The molecule has 0 aliphatic heterocycles. The SMILES string of the molecule is COc1ccc(C2(C(=O)N[C@H](C)C(=O)O)CCC2)cc1. The van der Waals surface area contributed by atoms with Gasteiger partial charge in [-0.2, -0.15) is 0 Å². The molecule has 2 N–H and O–H groups in total. The van der Waals surface area contributed by atoms with Gasteiger partial charge in [-0.3, -0.25) is 9.59 Å². The van der Waals surface area contributed by atoms with Gasteiger partial charge in [-0.05, 0) is 37.5 Å². The first-order chi connectivity index (χ1) is 9.49. The van der Waals surface area contributed by atoms with E-state index in [4.69, 9.17) is 9.84 Å². The van der Waals surface area contributed by atoms with E-state index in [-0.39, 0.29) is 5.91 Å². The standard InChI is InChI=1S/C15H19NO4/c1-10(13(17)18)16-14(19)15(8-3-9-15)11-4-6-12(20-2)7-5-11/h4-7,10H,3,8-9H2,1-2H3,(H,16,19)(H,17,18)/t10-/m1/s1. The fourth-order valence-corrected chi connectivity index (χ4v) is 2.48. The molecule has 20 heavy (non-hydrogen) atoms. The van der Waals surface area contributed by atoms with Gasteiger partial charge in [0.15, 0.2) is 0 Å². The Morgan fingerprint density at radius 2 is 1.90 bits per heavy atom. The van der Waals surface area contributed by atoms with Gasteiger partial charge < -0.3 is 15.2 Å². The van der Waals surface area contributed by atoms with E-state index in [0.717, 1.165) is 30.6 Å². The monoisotopic (exact) mass is 277 g/mol. The van der Waals surface area contributed by atoms with Crippen LogP contribution in [0.25, 0.3) is 0 Å². The molecule has 0 heterocycles. The largest absolute Gasteiger partial charge is 0.497 e. The number of ether oxygens (including phenoxy) is 1. The Kier molecular flexibility index (Phi) is 3.97. The average molecular weight is 277 g/mol. The van der Waals surface area contributed by atoms with Crippen LogP contribution in [0.1, 0.15) is 31.7 Å². The van der Waals surface area contributed by atoms with E-state index in [1.54, 1.807) is 7.11 Å². The summed E-state index contributed by atoms with van der Waals surface area (Å²) < 4.78 is 5.11. The lowest BCUT2D eigenvalue weighted by atomic mass is 9.63. The van der Waals surface area contributed by atoms with Crippen molar-refractivity contribution in [3.05, 3.63) is 29.8 Å². The second kappa shape index (κ2) is 5.53. The predicted molar refractivity (Wildman–Crippen MR) is 73.8 cm³/mol. The number of methoxy groups -OCH3 is 1. The number of aliphatic carboxylic acids is 1. The highest BCUT2D eigenvalue weighted by molar-refractivity contribution is 5.92. The summed E-state index contributed by atoms with van der Waals surface area (Å²) in [5.74, 6) is -0.492. The van der Waals surface area contributed by atoms with E-state index in [1.807, 2.05) is 24.3 Å². The lowest BCUT2D eigenvalue weighted by molar-refractivity contribution is -0.143. The molecule has 1 aliphatic carbocycles. The second-order valence-electron chi connectivity index (χ2n) is 5.20. The van der Waals surface area contributed by atoms with E-state index in [2.05, 4.69) is 5.32 Å². The third-order valence-corrected chi connectivity index (χ3v) is 4.00.